The lowest BCUT2D eigenvalue weighted by atomic mass is 10.0. The van der Waals surface area contributed by atoms with Crippen LogP contribution in [0.4, 0.5) is 10.5 Å². The molecule has 1 aromatic carbocycles. The Morgan fingerprint density at radius 2 is 1.68 bits per heavy atom. The van der Waals surface area contributed by atoms with Crippen molar-refractivity contribution in [1.82, 2.24) is 10.6 Å². The number of nitrogens with one attached hydrogen (secondary N) is 3. The van der Waals surface area contributed by atoms with Crippen molar-refractivity contribution in [3.63, 3.8) is 0 Å². The van der Waals surface area contributed by atoms with Crippen molar-refractivity contribution in [2.45, 2.75) is 71.4 Å². The summed E-state index contributed by atoms with van der Waals surface area (Å²) in [5.41, 5.74) is 1.31. The summed E-state index contributed by atoms with van der Waals surface area (Å²) >= 11 is 0. The third-order valence-electron chi connectivity index (χ3n) is 4.65. The summed E-state index contributed by atoms with van der Waals surface area (Å²) in [6, 6.07) is 7.27. The van der Waals surface area contributed by atoms with Crippen LogP contribution in [0.1, 0.15) is 69.7 Å². The molecule has 5 nitrogen and oxygen atoms in total. The van der Waals surface area contributed by atoms with Crippen LogP contribution in [0.15, 0.2) is 24.3 Å². The maximum Gasteiger partial charge on any atom is 0.319 e. The van der Waals surface area contributed by atoms with Crippen molar-refractivity contribution < 1.29 is 9.59 Å². The van der Waals surface area contributed by atoms with E-state index in [4.69, 9.17) is 0 Å². The largest absolute Gasteiger partial charge is 0.349 e. The molecule has 1 aliphatic rings. The first kappa shape index (κ1) is 19.3. The number of rotatable bonds is 7. The Balaban J connectivity index is 1.78. The molecule has 3 N–H and O–H groups in total. The summed E-state index contributed by atoms with van der Waals surface area (Å²) in [7, 11) is 0. The number of hydrogen-bond donors (Lipinski definition) is 3. The number of carbonyl (C=O) groups excluding carboxylic acids is 2. The summed E-state index contributed by atoms with van der Waals surface area (Å²) < 4.78 is 0. The van der Waals surface area contributed by atoms with Crippen molar-refractivity contribution in [1.29, 1.82) is 0 Å². The van der Waals surface area contributed by atoms with Crippen LogP contribution in [0.25, 0.3) is 0 Å². The fourth-order valence-corrected chi connectivity index (χ4v) is 3.09. The number of benzene rings is 1. The number of hydrogen-bond acceptors (Lipinski definition) is 2. The minimum Gasteiger partial charge on any atom is -0.349 e. The van der Waals surface area contributed by atoms with E-state index in [1.54, 1.807) is 24.3 Å². The van der Waals surface area contributed by atoms with Crippen molar-refractivity contribution in [2.75, 3.05) is 5.32 Å². The quantitative estimate of drug-likeness (QED) is 0.689. The van der Waals surface area contributed by atoms with Crippen LogP contribution in [0.3, 0.4) is 0 Å². The van der Waals surface area contributed by atoms with Crippen LogP contribution < -0.4 is 16.0 Å². The third kappa shape index (κ3) is 6.77. The molecular formula is C20H31N3O2. The maximum absolute atomic E-state index is 12.2. The molecule has 0 aliphatic heterocycles. The predicted molar refractivity (Wildman–Crippen MR) is 102 cm³/mol. The van der Waals surface area contributed by atoms with Gasteiger partial charge >= 0.3 is 6.03 Å². The molecule has 0 radical (unpaired) electrons. The van der Waals surface area contributed by atoms with Gasteiger partial charge in [0.15, 0.2) is 0 Å². The van der Waals surface area contributed by atoms with Gasteiger partial charge in [0.2, 0.25) is 0 Å². The molecule has 3 amide bonds. The highest BCUT2D eigenvalue weighted by Gasteiger charge is 2.18. The van der Waals surface area contributed by atoms with Gasteiger partial charge in [0.05, 0.1) is 0 Å². The monoisotopic (exact) mass is 345 g/mol. The van der Waals surface area contributed by atoms with Crippen molar-refractivity contribution in [3.8, 4) is 0 Å². The van der Waals surface area contributed by atoms with E-state index in [0.29, 0.717) is 23.2 Å². The van der Waals surface area contributed by atoms with E-state index in [-0.39, 0.29) is 18.0 Å². The lowest BCUT2D eigenvalue weighted by molar-refractivity contribution is 0.0938. The molecule has 0 heterocycles. The second-order valence-electron chi connectivity index (χ2n) is 7.50. The molecule has 0 bridgehead atoms. The molecule has 0 saturated heterocycles. The van der Waals surface area contributed by atoms with Gasteiger partial charge in [-0.15, -0.1) is 0 Å². The van der Waals surface area contributed by atoms with Crippen molar-refractivity contribution in [2.24, 2.45) is 5.92 Å². The molecule has 5 heteroatoms. The number of urea groups is 1. The molecule has 0 aromatic heterocycles. The Labute approximate surface area is 151 Å². The standard InChI is InChI=1S/C20H31N3O2/c1-14(2)8-9-15(3)21-20(25)23-18-12-10-16(11-13-18)19(24)22-17-6-4-5-7-17/h10-15,17H,4-9H2,1-3H3,(H,22,24)(H2,21,23,25). The van der Waals surface area contributed by atoms with Gasteiger partial charge in [-0.25, -0.2) is 4.79 Å². The van der Waals surface area contributed by atoms with Gasteiger partial charge in [-0.1, -0.05) is 26.7 Å². The van der Waals surface area contributed by atoms with Gasteiger partial charge in [-0.2, -0.15) is 0 Å². The molecule has 138 valence electrons. The van der Waals surface area contributed by atoms with Crippen LogP contribution in [0.2, 0.25) is 0 Å². The zero-order valence-corrected chi connectivity index (χ0v) is 15.6. The van der Waals surface area contributed by atoms with Gasteiger partial charge in [0.1, 0.15) is 0 Å². The highest BCUT2D eigenvalue weighted by Crippen LogP contribution is 2.18. The van der Waals surface area contributed by atoms with Crippen LogP contribution in [0.5, 0.6) is 0 Å². The molecule has 1 unspecified atom stereocenters. The minimum atomic E-state index is -0.209. The minimum absolute atomic E-state index is 0.0368. The van der Waals surface area contributed by atoms with E-state index in [1.807, 2.05) is 6.92 Å². The third-order valence-corrected chi connectivity index (χ3v) is 4.65. The Morgan fingerprint density at radius 1 is 1.04 bits per heavy atom. The average Bonchev–Trinajstić information content (AvgIpc) is 3.06. The molecule has 1 saturated carbocycles. The maximum atomic E-state index is 12.2. The van der Waals surface area contributed by atoms with Gasteiger partial charge in [-0.05, 0) is 62.8 Å². The van der Waals surface area contributed by atoms with E-state index >= 15 is 0 Å². The fourth-order valence-electron chi connectivity index (χ4n) is 3.09. The molecule has 1 fully saturated rings. The lowest BCUT2D eigenvalue weighted by Crippen LogP contribution is -2.36. The Bertz CT molecular complexity index is 563. The molecule has 25 heavy (non-hydrogen) atoms. The number of amides is 3. The van der Waals surface area contributed by atoms with Crippen LogP contribution in [0, 0.1) is 5.92 Å². The van der Waals surface area contributed by atoms with E-state index in [2.05, 4.69) is 29.8 Å². The van der Waals surface area contributed by atoms with Gasteiger partial charge < -0.3 is 16.0 Å². The van der Waals surface area contributed by atoms with E-state index in [9.17, 15) is 9.59 Å². The van der Waals surface area contributed by atoms with Crippen LogP contribution >= 0.6 is 0 Å². The van der Waals surface area contributed by atoms with E-state index in [1.165, 1.54) is 12.8 Å². The van der Waals surface area contributed by atoms with Crippen LogP contribution in [-0.2, 0) is 0 Å². The highest BCUT2D eigenvalue weighted by molar-refractivity contribution is 5.95. The predicted octanol–water partition coefficient (Wildman–Crippen LogP) is 4.31. The summed E-state index contributed by atoms with van der Waals surface area (Å²) in [5.74, 6) is 0.598. The van der Waals surface area contributed by atoms with Gasteiger partial charge in [-0.3, -0.25) is 4.79 Å². The first-order valence-corrected chi connectivity index (χ1v) is 9.42. The molecule has 1 aliphatic carbocycles. The smallest absolute Gasteiger partial charge is 0.319 e. The Hall–Kier alpha value is -2.04. The lowest BCUT2D eigenvalue weighted by Gasteiger charge is -2.16. The summed E-state index contributed by atoms with van der Waals surface area (Å²) in [5, 5.41) is 8.82. The van der Waals surface area contributed by atoms with Gasteiger partial charge in [0.25, 0.3) is 5.91 Å². The molecule has 1 aromatic rings. The average molecular weight is 345 g/mol. The Kier molecular flexibility index (Phi) is 7.29. The number of carbonyl (C=O) groups is 2. The second kappa shape index (κ2) is 9.44. The Morgan fingerprint density at radius 3 is 2.28 bits per heavy atom. The summed E-state index contributed by atoms with van der Waals surface area (Å²) in [6.07, 6.45) is 6.58. The van der Waals surface area contributed by atoms with E-state index < -0.39 is 0 Å². The molecule has 2 rings (SSSR count). The normalized spacial score (nSPS) is 15.8. The molecular weight excluding hydrogens is 314 g/mol. The fraction of sp³-hybridized carbons (Fsp3) is 0.600. The second-order valence-corrected chi connectivity index (χ2v) is 7.50. The zero-order chi connectivity index (χ0) is 18.2. The molecule has 1 atom stereocenters. The first-order chi connectivity index (χ1) is 11.9. The first-order valence-electron chi connectivity index (χ1n) is 9.42. The molecule has 0 spiro atoms. The topological polar surface area (TPSA) is 70.2 Å². The van der Waals surface area contributed by atoms with Crippen molar-refractivity contribution >= 4 is 17.6 Å². The SMILES string of the molecule is CC(C)CCC(C)NC(=O)Nc1ccc(C(=O)NC2CCCC2)cc1. The number of anilines is 1. The highest BCUT2D eigenvalue weighted by atomic mass is 16.2. The zero-order valence-electron chi connectivity index (χ0n) is 15.6. The summed E-state index contributed by atoms with van der Waals surface area (Å²) in [4.78, 5) is 24.2. The van der Waals surface area contributed by atoms with E-state index in [0.717, 1.165) is 25.7 Å². The van der Waals surface area contributed by atoms with Gasteiger partial charge in [0, 0.05) is 23.3 Å². The van der Waals surface area contributed by atoms with Crippen molar-refractivity contribution in [3.05, 3.63) is 29.8 Å². The van der Waals surface area contributed by atoms with Crippen LogP contribution in [-0.4, -0.2) is 24.0 Å². The summed E-state index contributed by atoms with van der Waals surface area (Å²) in [6.45, 7) is 6.37.